The predicted octanol–water partition coefficient (Wildman–Crippen LogP) is 2.64. The molecule has 1 aromatic heterocycles. The van der Waals surface area contributed by atoms with Crippen molar-refractivity contribution in [2.45, 2.75) is 12.2 Å². The van der Waals surface area contributed by atoms with E-state index in [0.29, 0.717) is 11.3 Å². The molecule has 1 aromatic carbocycles. The number of aromatic nitrogens is 2. The molecule has 6 heteroatoms. The van der Waals surface area contributed by atoms with Crippen molar-refractivity contribution in [2.24, 2.45) is 5.73 Å². The summed E-state index contributed by atoms with van der Waals surface area (Å²) in [6, 6.07) is 6.61. The molecule has 17 heavy (non-hydrogen) atoms. The van der Waals surface area contributed by atoms with E-state index < -0.39 is 12.2 Å². The Hall–Kier alpha value is -1.82. The molecule has 0 radical (unpaired) electrons. The van der Waals surface area contributed by atoms with Gasteiger partial charge in [-0.1, -0.05) is 30.3 Å². The highest BCUT2D eigenvalue weighted by Gasteiger charge is 2.39. The minimum absolute atomic E-state index is 0.0521. The van der Waals surface area contributed by atoms with Crippen molar-refractivity contribution in [3.8, 4) is 11.3 Å². The number of rotatable bonds is 2. The average Bonchev–Trinajstić information content (AvgIpc) is 2.76. The maximum absolute atomic E-state index is 12.5. The Morgan fingerprint density at radius 3 is 2.41 bits per heavy atom. The maximum Gasteiger partial charge on any atom is 0.407 e. The third-order valence-electron chi connectivity index (χ3n) is 2.42. The number of nitrogens with one attached hydrogen (secondary N) is 1. The molecular formula is C11H10F3N3. The maximum atomic E-state index is 12.5. The van der Waals surface area contributed by atoms with E-state index in [1.54, 1.807) is 30.3 Å². The van der Waals surface area contributed by atoms with Crippen molar-refractivity contribution < 1.29 is 13.2 Å². The molecule has 0 aliphatic heterocycles. The molecule has 2 rings (SSSR count). The van der Waals surface area contributed by atoms with Crippen molar-refractivity contribution in [2.75, 3.05) is 0 Å². The average molecular weight is 241 g/mol. The van der Waals surface area contributed by atoms with Crippen molar-refractivity contribution in [1.82, 2.24) is 10.2 Å². The number of halogens is 3. The largest absolute Gasteiger partial charge is 0.407 e. The van der Waals surface area contributed by atoms with Crippen molar-refractivity contribution >= 4 is 0 Å². The lowest BCUT2D eigenvalue weighted by Crippen LogP contribution is -2.28. The van der Waals surface area contributed by atoms with Crippen LogP contribution in [0.15, 0.2) is 36.5 Å². The second-order valence-electron chi connectivity index (χ2n) is 3.59. The van der Waals surface area contributed by atoms with Gasteiger partial charge in [0.15, 0.2) is 0 Å². The molecule has 0 saturated carbocycles. The van der Waals surface area contributed by atoms with Crippen molar-refractivity contribution in [3.05, 3.63) is 42.1 Å². The smallest absolute Gasteiger partial charge is 0.316 e. The normalized spacial score (nSPS) is 13.6. The zero-order chi connectivity index (χ0) is 12.5. The van der Waals surface area contributed by atoms with Crippen LogP contribution in [-0.2, 0) is 0 Å². The molecule has 3 nitrogen and oxygen atoms in total. The molecular weight excluding hydrogens is 231 g/mol. The molecule has 1 unspecified atom stereocenters. The lowest BCUT2D eigenvalue weighted by Gasteiger charge is -2.15. The number of hydrogen-bond acceptors (Lipinski definition) is 2. The summed E-state index contributed by atoms with van der Waals surface area (Å²) in [6.45, 7) is 0. The molecule has 3 N–H and O–H groups in total. The van der Waals surface area contributed by atoms with Gasteiger partial charge in [0.1, 0.15) is 6.04 Å². The molecule has 0 spiro atoms. The van der Waals surface area contributed by atoms with Crippen LogP contribution in [0.5, 0.6) is 0 Å². The second kappa shape index (κ2) is 4.21. The van der Waals surface area contributed by atoms with E-state index in [9.17, 15) is 13.2 Å². The summed E-state index contributed by atoms with van der Waals surface area (Å²) in [5.41, 5.74) is 6.04. The first-order chi connectivity index (χ1) is 8.00. The van der Waals surface area contributed by atoms with Crippen molar-refractivity contribution in [1.29, 1.82) is 0 Å². The standard InChI is InChI=1S/C11H10F3N3/c12-11(13,14)10(15)8-6-16-17-9(8)7-4-2-1-3-5-7/h1-6,10H,15H2,(H,16,17). The molecule has 0 aliphatic rings. The zero-order valence-electron chi connectivity index (χ0n) is 8.70. The van der Waals surface area contributed by atoms with Crippen LogP contribution in [0.4, 0.5) is 13.2 Å². The van der Waals surface area contributed by atoms with E-state index in [4.69, 9.17) is 5.73 Å². The van der Waals surface area contributed by atoms with E-state index in [1.807, 2.05) is 0 Å². The third kappa shape index (κ3) is 2.31. The van der Waals surface area contributed by atoms with Gasteiger partial charge < -0.3 is 5.73 Å². The number of benzene rings is 1. The Morgan fingerprint density at radius 1 is 1.18 bits per heavy atom. The van der Waals surface area contributed by atoms with Gasteiger partial charge in [0.25, 0.3) is 0 Å². The summed E-state index contributed by atoms with van der Waals surface area (Å²) in [7, 11) is 0. The minimum Gasteiger partial charge on any atom is -0.316 e. The SMILES string of the molecule is NC(c1cn[nH]c1-c1ccccc1)C(F)(F)F. The quantitative estimate of drug-likeness (QED) is 0.849. The fourth-order valence-electron chi connectivity index (χ4n) is 1.54. The lowest BCUT2D eigenvalue weighted by atomic mass is 10.0. The topological polar surface area (TPSA) is 54.7 Å². The van der Waals surface area contributed by atoms with E-state index >= 15 is 0 Å². The van der Waals surface area contributed by atoms with Gasteiger partial charge in [0.2, 0.25) is 0 Å². The summed E-state index contributed by atoms with van der Waals surface area (Å²) >= 11 is 0. The van der Waals surface area contributed by atoms with Gasteiger partial charge in [0.05, 0.1) is 11.9 Å². The number of nitrogens with zero attached hydrogens (tertiary/aromatic N) is 1. The molecule has 1 heterocycles. The number of aromatic amines is 1. The highest BCUT2D eigenvalue weighted by molar-refractivity contribution is 5.63. The van der Waals surface area contributed by atoms with Gasteiger partial charge in [-0.3, -0.25) is 5.10 Å². The van der Waals surface area contributed by atoms with Crippen LogP contribution in [0.2, 0.25) is 0 Å². The Morgan fingerprint density at radius 2 is 1.82 bits per heavy atom. The summed E-state index contributed by atoms with van der Waals surface area (Å²) in [4.78, 5) is 0. The van der Waals surface area contributed by atoms with E-state index in [2.05, 4.69) is 10.2 Å². The Kier molecular flexibility index (Phi) is 2.89. The molecule has 0 aliphatic carbocycles. The lowest BCUT2D eigenvalue weighted by molar-refractivity contribution is -0.149. The van der Waals surface area contributed by atoms with Gasteiger partial charge in [-0.25, -0.2) is 0 Å². The first kappa shape index (κ1) is 11.7. The molecule has 1 atom stereocenters. The summed E-state index contributed by atoms with van der Waals surface area (Å²) in [6.07, 6.45) is -3.37. The monoisotopic (exact) mass is 241 g/mol. The number of alkyl halides is 3. The van der Waals surface area contributed by atoms with Crippen LogP contribution >= 0.6 is 0 Å². The molecule has 90 valence electrons. The van der Waals surface area contributed by atoms with Crippen LogP contribution in [-0.4, -0.2) is 16.4 Å². The van der Waals surface area contributed by atoms with Gasteiger partial charge in [-0.05, 0) is 5.56 Å². The van der Waals surface area contributed by atoms with Gasteiger partial charge >= 0.3 is 6.18 Å². The van der Waals surface area contributed by atoms with Gasteiger partial charge in [-0.2, -0.15) is 18.3 Å². The molecule has 0 fully saturated rings. The van der Waals surface area contributed by atoms with Gasteiger partial charge in [-0.15, -0.1) is 0 Å². The van der Waals surface area contributed by atoms with E-state index in [-0.39, 0.29) is 5.56 Å². The molecule has 0 bridgehead atoms. The Bertz CT molecular complexity index is 490. The molecule has 2 aromatic rings. The first-order valence-electron chi connectivity index (χ1n) is 4.91. The van der Waals surface area contributed by atoms with Crippen LogP contribution in [0.3, 0.4) is 0 Å². The van der Waals surface area contributed by atoms with Gasteiger partial charge in [0, 0.05) is 5.56 Å². The van der Waals surface area contributed by atoms with Crippen molar-refractivity contribution in [3.63, 3.8) is 0 Å². The van der Waals surface area contributed by atoms with E-state index in [0.717, 1.165) is 6.20 Å². The summed E-state index contributed by atoms with van der Waals surface area (Å²) in [5.74, 6) is 0. The zero-order valence-corrected chi connectivity index (χ0v) is 8.70. The number of hydrogen-bond donors (Lipinski definition) is 2. The van der Waals surface area contributed by atoms with Crippen LogP contribution in [0.1, 0.15) is 11.6 Å². The predicted molar refractivity (Wildman–Crippen MR) is 57.0 cm³/mol. The Labute approximate surface area is 95.5 Å². The summed E-state index contributed by atoms with van der Waals surface area (Å²) < 4.78 is 37.6. The summed E-state index contributed by atoms with van der Waals surface area (Å²) in [5, 5.41) is 6.17. The van der Waals surface area contributed by atoms with E-state index in [1.165, 1.54) is 0 Å². The van der Waals surface area contributed by atoms with Crippen LogP contribution < -0.4 is 5.73 Å². The number of H-pyrrole nitrogens is 1. The van der Waals surface area contributed by atoms with Crippen LogP contribution in [0, 0.1) is 0 Å². The highest BCUT2D eigenvalue weighted by Crippen LogP contribution is 2.34. The first-order valence-corrected chi connectivity index (χ1v) is 4.91. The minimum atomic E-state index is -4.48. The third-order valence-corrected chi connectivity index (χ3v) is 2.42. The van der Waals surface area contributed by atoms with Crippen LogP contribution in [0.25, 0.3) is 11.3 Å². The number of nitrogens with two attached hydrogens (primary N) is 1. The molecule has 0 amide bonds. The second-order valence-corrected chi connectivity index (χ2v) is 3.59. The molecule has 0 saturated heterocycles. The highest BCUT2D eigenvalue weighted by atomic mass is 19.4. The Balaban J connectivity index is 2.43. The fraction of sp³-hybridized carbons (Fsp3) is 0.182. The fourth-order valence-corrected chi connectivity index (χ4v) is 1.54.